The van der Waals surface area contributed by atoms with Crippen LogP contribution in [-0.4, -0.2) is 36.8 Å². The van der Waals surface area contributed by atoms with Gasteiger partial charge in [0.2, 0.25) is 0 Å². The number of nitrogens with two attached hydrogens (primary N) is 1. The van der Waals surface area contributed by atoms with Crippen LogP contribution in [0.2, 0.25) is 0 Å². The molecule has 1 aromatic carbocycles. The van der Waals surface area contributed by atoms with Gasteiger partial charge in [0.1, 0.15) is 5.75 Å². The maximum Gasteiger partial charge on any atom is 0.253 e. The van der Waals surface area contributed by atoms with Crippen molar-refractivity contribution < 1.29 is 9.53 Å². The van der Waals surface area contributed by atoms with E-state index in [1.165, 1.54) is 0 Å². The van der Waals surface area contributed by atoms with E-state index < -0.39 is 0 Å². The Hall–Kier alpha value is -2.04. The highest BCUT2D eigenvalue weighted by Gasteiger charge is 2.25. The molecule has 0 saturated carbocycles. The van der Waals surface area contributed by atoms with E-state index in [2.05, 4.69) is 0 Å². The van der Waals surface area contributed by atoms with Gasteiger partial charge in [0, 0.05) is 24.6 Å². The van der Waals surface area contributed by atoms with Crippen molar-refractivity contribution in [3.8, 4) is 5.75 Å². The number of hydrogen-bond donors (Lipinski definition) is 2. The van der Waals surface area contributed by atoms with Gasteiger partial charge in [0.25, 0.3) is 5.91 Å². The van der Waals surface area contributed by atoms with Crippen molar-refractivity contribution in [2.45, 2.75) is 12.8 Å². The van der Waals surface area contributed by atoms with E-state index in [9.17, 15) is 4.79 Å². The van der Waals surface area contributed by atoms with E-state index in [1.807, 2.05) is 0 Å². The summed E-state index contributed by atoms with van der Waals surface area (Å²) in [6.45, 7) is 1.27. The van der Waals surface area contributed by atoms with Gasteiger partial charge in [-0.15, -0.1) is 0 Å². The molecule has 1 aliphatic rings. The fraction of sp³-hybridized carbons (Fsp3) is 0.429. The van der Waals surface area contributed by atoms with Gasteiger partial charge in [0.15, 0.2) is 0 Å². The Kier molecular flexibility index (Phi) is 4.04. The van der Waals surface area contributed by atoms with Crippen LogP contribution in [0, 0.1) is 11.3 Å². The molecule has 0 bridgehead atoms. The summed E-state index contributed by atoms with van der Waals surface area (Å²) in [6.07, 6.45) is 1.79. The lowest BCUT2D eigenvalue weighted by molar-refractivity contribution is 0.0702. The third kappa shape index (κ3) is 3.05. The molecule has 102 valence electrons. The van der Waals surface area contributed by atoms with Crippen LogP contribution in [0.5, 0.6) is 5.75 Å². The lowest BCUT2D eigenvalue weighted by Crippen LogP contribution is -2.43. The zero-order valence-corrected chi connectivity index (χ0v) is 11.1. The van der Waals surface area contributed by atoms with E-state index in [0.717, 1.165) is 25.1 Å². The van der Waals surface area contributed by atoms with Crippen LogP contribution in [0.1, 0.15) is 23.2 Å². The molecule has 1 amide bonds. The second-order valence-electron chi connectivity index (χ2n) is 4.77. The molecule has 0 aromatic heterocycles. The number of carbonyl (C=O) groups is 1. The monoisotopic (exact) mass is 261 g/mol. The average Bonchev–Trinajstić information content (AvgIpc) is 2.46. The zero-order chi connectivity index (χ0) is 13.8. The van der Waals surface area contributed by atoms with E-state index >= 15 is 0 Å². The fourth-order valence-corrected chi connectivity index (χ4v) is 2.33. The minimum Gasteiger partial charge on any atom is -0.497 e. The molecule has 0 unspecified atom stereocenters. The molecule has 1 heterocycles. The minimum atomic E-state index is -0.00592. The number of ether oxygens (including phenoxy) is 1. The third-order valence-corrected chi connectivity index (χ3v) is 3.49. The van der Waals surface area contributed by atoms with Crippen molar-refractivity contribution in [3.63, 3.8) is 0 Å². The van der Waals surface area contributed by atoms with Crippen molar-refractivity contribution in [1.82, 2.24) is 4.90 Å². The highest BCUT2D eigenvalue weighted by Crippen LogP contribution is 2.19. The largest absolute Gasteiger partial charge is 0.497 e. The van der Waals surface area contributed by atoms with Crippen LogP contribution in [0.15, 0.2) is 24.3 Å². The SMILES string of the molecule is COc1ccc(C(=O)N2CCC[C@@H](C(=N)N)C2)cc1. The first-order chi connectivity index (χ1) is 9.11. The maximum absolute atomic E-state index is 12.3. The van der Waals surface area contributed by atoms with Crippen molar-refractivity contribution >= 4 is 11.7 Å². The summed E-state index contributed by atoms with van der Waals surface area (Å²) >= 11 is 0. The lowest BCUT2D eigenvalue weighted by Gasteiger charge is -2.32. The second-order valence-corrected chi connectivity index (χ2v) is 4.77. The molecule has 1 fully saturated rings. The smallest absolute Gasteiger partial charge is 0.253 e. The van der Waals surface area contributed by atoms with Gasteiger partial charge in [-0.2, -0.15) is 0 Å². The number of likely N-dealkylation sites (tertiary alicyclic amines) is 1. The minimum absolute atomic E-state index is 0.00375. The summed E-state index contributed by atoms with van der Waals surface area (Å²) in [4.78, 5) is 14.1. The lowest BCUT2D eigenvalue weighted by atomic mass is 9.96. The van der Waals surface area contributed by atoms with Crippen molar-refractivity contribution in [3.05, 3.63) is 29.8 Å². The van der Waals surface area contributed by atoms with Gasteiger partial charge in [-0.05, 0) is 37.1 Å². The number of methoxy groups -OCH3 is 1. The predicted octanol–water partition coefficient (Wildman–Crippen LogP) is 1.48. The molecule has 0 spiro atoms. The fourth-order valence-electron chi connectivity index (χ4n) is 2.33. The number of nitrogens with one attached hydrogen (secondary N) is 1. The van der Waals surface area contributed by atoms with Crippen molar-refractivity contribution in [2.75, 3.05) is 20.2 Å². The normalized spacial score (nSPS) is 19.0. The first kappa shape index (κ1) is 13.4. The van der Waals surface area contributed by atoms with Gasteiger partial charge in [-0.1, -0.05) is 0 Å². The first-order valence-electron chi connectivity index (χ1n) is 6.39. The Labute approximate surface area is 112 Å². The number of amidine groups is 1. The quantitative estimate of drug-likeness (QED) is 0.639. The first-order valence-corrected chi connectivity index (χ1v) is 6.39. The van der Waals surface area contributed by atoms with Crippen LogP contribution in [0.3, 0.4) is 0 Å². The molecule has 19 heavy (non-hydrogen) atoms. The average molecular weight is 261 g/mol. The van der Waals surface area contributed by atoms with Gasteiger partial charge in [0.05, 0.1) is 12.9 Å². The third-order valence-electron chi connectivity index (χ3n) is 3.49. The molecule has 3 N–H and O–H groups in total. The Morgan fingerprint density at radius 3 is 2.68 bits per heavy atom. The number of carbonyl (C=O) groups excluding carboxylic acids is 1. The predicted molar refractivity (Wildman–Crippen MR) is 73.5 cm³/mol. The molecule has 0 radical (unpaired) electrons. The van der Waals surface area contributed by atoms with E-state index in [0.29, 0.717) is 12.1 Å². The Morgan fingerprint density at radius 1 is 1.42 bits per heavy atom. The molecule has 5 nitrogen and oxygen atoms in total. The summed E-state index contributed by atoms with van der Waals surface area (Å²) in [5.41, 5.74) is 6.18. The van der Waals surface area contributed by atoms with Crippen molar-refractivity contribution in [2.24, 2.45) is 11.7 Å². The number of hydrogen-bond acceptors (Lipinski definition) is 3. The Balaban J connectivity index is 2.07. The molecular formula is C14H19N3O2. The zero-order valence-electron chi connectivity index (χ0n) is 11.1. The summed E-state index contributed by atoms with van der Waals surface area (Å²) < 4.78 is 5.07. The summed E-state index contributed by atoms with van der Waals surface area (Å²) in [5.74, 6) is 0.897. The van der Waals surface area contributed by atoms with Crippen LogP contribution < -0.4 is 10.5 Å². The Bertz CT molecular complexity index is 470. The molecular weight excluding hydrogens is 242 g/mol. The highest BCUT2D eigenvalue weighted by atomic mass is 16.5. The molecule has 1 aromatic rings. The van der Waals surface area contributed by atoms with Gasteiger partial charge in [-0.3, -0.25) is 10.2 Å². The second kappa shape index (κ2) is 5.73. The molecule has 0 aliphatic carbocycles. The molecule has 1 aliphatic heterocycles. The van der Waals surface area contributed by atoms with Crippen LogP contribution in [0.4, 0.5) is 0 Å². The van der Waals surface area contributed by atoms with Crippen LogP contribution in [0.25, 0.3) is 0 Å². The molecule has 1 atom stereocenters. The van der Waals surface area contributed by atoms with Gasteiger partial charge >= 0.3 is 0 Å². The number of amides is 1. The van der Waals surface area contributed by atoms with Gasteiger partial charge < -0.3 is 15.4 Å². The number of rotatable bonds is 3. The standard InChI is InChI=1S/C14H19N3O2/c1-19-12-6-4-10(5-7-12)14(18)17-8-2-3-11(9-17)13(15)16/h4-7,11H,2-3,8-9H2,1H3,(H3,15,16)/t11-/m1/s1. The highest BCUT2D eigenvalue weighted by molar-refractivity contribution is 5.94. The number of nitrogens with zero attached hydrogens (tertiary/aromatic N) is 1. The number of benzene rings is 1. The summed E-state index contributed by atoms with van der Waals surface area (Å²) in [6, 6.07) is 7.08. The van der Waals surface area contributed by atoms with E-state index in [4.69, 9.17) is 15.9 Å². The van der Waals surface area contributed by atoms with Gasteiger partial charge in [-0.25, -0.2) is 0 Å². The van der Waals surface area contributed by atoms with Crippen LogP contribution >= 0.6 is 0 Å². The van der Waals surface area contributed by atoms with E-state index in [1.54, 1.807) is 36.3 Å². The molecule has 5 heteroatoms. The van der Waals surface area contributed by atoms with Crippen LogP contribution in [-0.2, 0) is 0 Å². The molecule has 2 rings (SSSR count). The summed E-state index contributed by atoms with van der Waals surface area (Å²) in [5, 5.41) is 7.50. The molecule has 1 saturated heterocycles. The Morgan fingerprint density at radius 2 is 2.11 bits per heavy atom. The van der Waals surface area contributed by atoms with E-state index in [-0.39, 0.29) is 17.7 Å². The van der Waals surface area contributed by atoms with Crippen molar-refractivity contribution in [1.29, 1.82) is 5.41 Å². The number of piperidine rings is 1. The maximum atomic E-state index is 12.3. The summed E-state index contributed by atoms with van der Waals surface area (Å²) in [7, 11) is 1.60. The topological polar surface area (TPSA) is 79.4 Å².